The highest BCUT2D eigenvalue weighted by Gasteiger charge is 2.29. The van der Waals surface area contributed by atoms with Crippen LogP contribution in [0.5, 0.6) is 0 Å². The molecule has 1 aromatic carbocycles. The maximum Gasteiger partial charge on any atom is 0.179 e. The summed E-state index contributed by atoms with van der Waals surface area (Å²) in [6, 6.07) is 3.02. The predicted octanol–water partition coefficient (Wildman–Crippen LogP) is 3.66. The van der Waals surface area contributed by atoms with Crippen molar-refractivity contribution in [2.24, 2.45) is 5.41 Å². The van der Waals surface area contributed by atoms with Crippen molar-refractivity contribution in [1.82, 2.24) is 4.90 Å². The number of Topliss-reactive ketones (excluding diaryl/α,β-unsaturated/α-hetero) is 1. The third kappa shape index (κ3) is 3.42. The Morgan fingerprint density at radius 3 is 2.55 bits per heavy atom. The zero-order chi connectivity index (χ0) is 14.8. The molecule has 20 heavy (non-hydrogen) atoms. The number of carbonyl (C=O) groups is 1. The molecule has 0 radical (unpaired) electrons. The van der Waals surface area contributed by atoms with E-state index in [0.717, 1.165) is 50.6 Å². The van der Waals surface area contributed by atoms with Crippen molar-refractivity contribution < 1.29 is 13.6 Å². The minimum atomic E-state index is -0.646. The van der Waals surface area contributed by atoms with Gasteiger partial charge in [-0.05, 0) is 49.5 Å². The molecule has 0 N–H and O–H groups in total. The van der Waals surface area contributed by atoms with Crippen molar-refractivity contribution in [1.29, 1.82) is 0 Å². The van der Waals surface area contributed by atoms with Crippen LogP contribution in [0.2, 0.25) is 0 Å². The van der Waals surface area contributed by atoms with Crippen LogP contribution in [0.4, 0.5) is 8.78 Å². The highest BCUT2D eigenvalue weighted by Crippen LogP contribution is 2.33. The second kappa shape index (κ2) is 6.00. The molecule has 0 saturated carbocycles. The van der Waals surface area contributed by atoms with Gasteiger partial charge in [-0.15, -0.1) is 0 Å². The van der Waals surface area contributed by atoms with Crippen molar-refractivity contribution in [3.63, 3.8) is 0 Å². The zero-order valence-corrected chi connectivity index (χ0v) is 12.1. The quantitative estimate of drug-likeness (QED) is 0.785. The number of ketones is 1. The Labute approximate surface area is 118 Å². The largest absolute Gasteiger partial charge is 0.296 e. The van der Waals surface area contributed by atoms with E-state index in [4.69, 9.17) is 0 Å². The molecule has 1 saturated heterocycles. The SMILES string of the molecule is CCC1(C)CCN(CC(=O)c2cc(F)ccc2F)CC1. The minimum absolute atomic E-state index is 0.145. The van der Waals surface area contributed by atoms with E-state index in [1.807, 2.05) is 4.90 Å². The summed E-state index contributed by atoms with van der Waals surface area (Å²) in [7, 11) is 0. The van der Waals surface area contributed by atoms with Crippen molar-refractivity contribution in [2.45, 2.75) is 33.1 Å². The van der Waals surface area contributed by atoms with Crippen LogP contribution in [-0.4, -0.2) is 30.3 Å². The van der Waals surface area contributed by atoms with Crippen LogP contribution in [-0.2, 0) is 0 Å². The fraction of sp³-hybridized carbons (Fsp3) is 0.562. The van der Waals surface area contributed by atoms with Gasteiger partial charge in [-0.1, -0.05) is 20.3 Å². The molecule has 1 heterocycles. The van der Waals surface area contributed by atoms with Gasteiger partial charge in [-0.3, -0.25) is 9.69 Å². The van der Waals surface area contributed by atoms with Crippen LogP contribution in [0.25, 0.3) is 0 Å². The van der Waals surface area contributed by atoms with E-state index in [2.05, 4.69) is 13.8 Å². The molecule has 0 aliphatic carbocycles. The normalized spacial score (nSPS) is 19.0. The third-order valence-electron chi connectivity index (χ3n) is 4.51. The van der Waals surface area contributed by atoms with Crippen LogP contribution in [0.15, 0.2) is 18.2 Å². The average molecular weight is 281 g/mol. The summed E-state index contributed by atoms with van der Waals surface area (Å²) in [5.74, 6) is -1.57. The van der Waals surface area contributed by atoms with Gasteiger partial charge in [-0.2, -0.15) is 0 Å². The lowest BCUT2D eigenvalue weighted by Gasteiger charge is -2.38. The van der Waals surface area contributed by atoms with Gasteiger partial charge >= 0.3 is 0 Å². The molecule has 0 unspecified atom stereocenters. The van der Waals surface area contributed by atoms with Gasteiger partial charge < -0.3 is 0 Å². The molecule has 1 fully saturated rings. The van der Waals surface area contributed by atoms with E-state index in [1.165, 1.54) is 0 Å². The number of hydrogen-bond acceptors (Lipinski definition) is 2. The van der Waals surface area contributed by atoms with E-state index in [1.54, 1.807) is 0 Å². The van der Waals surface area contributed by atoms with Crippen molar-refractivity contribution in [3.05, 3.63) is 35.4 Å². The van der Waals surface area contributed by atoms with Gasteiger partial charge in [0.25, 0.3) is 0 Å². The van der Waals surface area contributed by atoms with E-state index in [0.29, 0.717) is 5.41 Å². The van der Waals surface area contributed by atoms with Gasteiger partial charge in [0.2, 0.25) is 0 Å². The fourth-order valence-corrected chi connectivity index (χ4v) is 2.60. The first-order chi connectivity index (χ1) is 9.43. The molecule has 0 spiro atoms. The molecule has 1 aliphatic heterocycles. The first-order valence-electron chi connectivity index (χ1n) is 7.14. The first-order valence-corrected chi connectivity index (χ1v) is 7.14. The van der Waals surface area contributed by atoms with Crippen LogP contribution >= 0.6 is 0 Å². The lowest BCUT2D eigenvalue weighted by molar-refractivity contribution is 0.0809. The fourth-order valence-electron chi connectivity index (χ4n) is 2.60. The topological polar surface area (TPSA) is 20.3 Å². The molecule has 0 bridgehead atoms. The van der Waals surface area contributed by atoms with E-state index in [9.17, 15) is 13.6 Å². The van der Waals surface area contributed by atoms with Crippen molar-refractivity contribution in [2.75, 3.05) is 19.6 Å². The van der Waals surface area contributed by atoms with Crippen molar-refractivity contribution >= 4 is 5.78 Å². The first kappa shape index (κ1) is 15.1. The number of nitrogens with zero attached hydrogens (tertiary/aromatic N) is 1. The number of carbonyl (C=O) groups excluding carboxylic acids is 1. The summed E-state index contributed by atoms with van der Waals surface area (Å²) < 4.78 is 26.6. The Morgan fingerprint density at radius 1 is 1.30 bits per heavy atom. The van der Waals surface area contributed by atoms with Crippen LogP contribution in [0, 0.1) is 17.0 Å². The highest BCUT2D eigenvalue weighted by molar-refractivity contribution is 5.97. The van der Waals surface area contributed by atoms with Gasteiger partial charge in [0.1, 0.15) is 11.6 Å². The summed E-state index contributed by atoms with van der Waals surface area (Å²) in [5, 5.41) is 0. The molecule has 0 aromatic heterocycles. The Hall–Kier alpha value is -1.29. The molecular weight excluding hydrogens is 260 g/mol. The summed E-state index contributed by atoms with van der Waals surface area (Å²) in [4.78, 5) is 14.1. The number of likely N-dealkylation sites (tertiary alicyclic amines) is 1. The Bertz CT molecular complexity index is 493. The van der Waals surface area contributed by atoms with Gasteiger partial charge in [0, 0.05) is 0 Å². The lowest BCUT2D eigenvalue weighted by atomic mass is 9.78. The number of piperidine rings is 1. The molecule has 1 aliphatic rings. The molecule has 4 heteroatoms. The second-order valence-electron chi connectivity index (χ2n) is 5.99. The van der Waals surface area contributed by atoms with Gasteiger partial charge in [0.05, 0.1) is 12.1 Å². The maximum atomic E-state index is 13.5. The molecule has 2 nitrogen and oxygen atoms in total. The maximum absolute atomic E-state index is 13.5. The summed E-state index contributed by atoms with van der Waals surface area (Å²) in [5.41, 5.74) is 0.206. The van der Waals surface area contributed by atoms with E-state index < -0.39 is 11.6 Å². The van der Waals surface area contributed by atoms with Crippen LogP contribution in [0.3, 0.4) is 0 Å². The van der Waals surface area contributed by atoms with Crippen LogP contribution in [0.1, 0.15) is 43.5 Å². The Kier molecular flexibility index (Phi) is 4.53. The monoisotopic (exact) mass is 281 g/mol. The smallest absolute Gasteiger partial charge is 0.179 e. The van der Waals surface area contributed by atoms with Crippen molar-refractivity contribution in [3.8, 4) is 0 Å². The summed E-state index contributed by atoms with van der Waals surface area (Å²) in [6.07, 6.45) is 3.22. The minimum Gasteiger partial charge on any atom is -0.296 e. The van der Waals surface area contributed by atoms with Gasteiger partial charge in [0.15, 0.2) is 5.78 Å². The predicted molar refractivity (Wildman–Crippen MR) is 74.8 cm³/mol. The zero-order valence-electron chi connectivity index (χ0n) is 12.1. The number of rotatable bonds is 4. The third-order valence-corrected chi connectivity index (χ3v) is 4.51. The van der Waals surface area contributed by atoms with E-state index >= 15 is 0 Å². The van der Waals surface area contributed by atoms with Gasteiger partial charge in [-0.25, -0.2) is 8.78 Å². The molecule has 0 amide bonds. The van der Waals surface area contributed by atoms with Crippen LogP contribution < -0.4 is 0 Å². The summed E-state index contributed by atoms with van der Waals surface area (Å²) in [6.45, 7) is 6.29. The highest BCUT2D eigenvalue weighted by atomic mass is 19.1. The molecule has 110 valence electrons. The Morgan fingerprint density at radius 2 is 1.95 bits per heavy atom. The number of benzene rings is 1. The number of halogens is 2. The molecular formula is C16H21F2NO. The lowest BCUT2D eigenvalue weighted by Crippen LogP contribution is -2.41. The second-order valence-corrected chi connectivity index (χ2v) is 5.99. The summed E-state index contributed by atoms with van der Waals surface area (Å²) >= 11 is 0. The molecule has 0 atom stereocenters. The van der Waals surface area contributed by atoms with E-state index in [-0.39, 0.29) is 17.9 Å². The standard InChI is InChI=1S/C16H21F2NO/c1-3-16(2)6-8-19(9-7-16)11-15(20)13-10-12(17)4-5-14(13)18/h4-5,10H,3,6-9,11H2,1-2H3. The molecule has 2 rings (SSSR count). The molecule has 1 aromatic rings. The number of hydrogen-bond donors (Lipinski definition) is 0. The average Bonchev–Trinajstić information content (AvgIpc) is 2.44. The Balaban J connectivity index is 1.98.